The minimum atomic E-state index is -0.0119. The zero-order valence-corrected chi connectivity index (χ0v) is 14.5. The SMILES string of the molecule is CCc1nn(-c2ccccc2)c(CC)c1C(=O)NCC[NH+](C)C. The van der Waals surface area contributed by atoms with Crippen LogP contribution in [0.1, 0.15) is 35.6 Å². The fraction of sp³-hybridized carbons (Fsp3) is 0.444. The van der Waals surface area contributed by atoms with Crippen molar-refractivity contribution in [2.75, 3.05) is 27.2 Å². The van der Waals surface area contributed by atoms with Crippen LogP contribution in [-0.4, -0.2) is 42.9 Å². The van der Waals surface area contributed by atoms with Crippen molar-refractivity contribution in [2.45, 2.75) is 26.7 Å². The van der Waals surface area contributed by atoms with Crippen LogP contribution >= 0.6 is 0 Å². The first-order valence-electron chi connectivity index (χ1n) is 8.31. The van der Waals surface area contributed by atoms with Crippen molar-refractivity contribution in [1.29, 1.82) is 0 Å². The molecular formula is C18H27N4O+. The van der Waals surface area contributed by atoms with Crippen LogP contribution in [0.2, 0.25) is 0 Å². The molecule has 0 saturated heterocycles. The van der Waals surface area contributed by atoms with Crippen LogP contribution in [0.25, 0.3) is 5.69 Å². The van der Waals surface area contributed by atoms with Gasteiger partial charge >= 0.3 is 0 Å². The van der Waals surface area contributed by atoms with Crippen molar-refractivity contribution in [3.63, 3.8) is 0 Å². The van der Waals surface area contributed by atoms with Gasteiger partial charge in [-0.05, 0) is 25.0 Å². The Hall–Kier alpha value is -2.14. The van der Waals surface area contributed by atoms with Crippen molar-refractivity contribution in [2.24, 2.45) is 0 Å². The molecule has 1 aromatic carbocycles. The molecular weight excluding hydrogens is 288 g/mol. The number of aryl methyl sites for hydroxylation is 1. The first-order chi connectivity index (χ1) is 11.1. The number of nitrogens with zero attached hydrogens (tertiary/aromatic N) is 2. The smallest absolute Gasteiger partial charge is 0.255 e. The number of para-hydroxylation sites is 1. The van der Waals surface area contributed by atoms with Gasteiger partial charge in [0.25, 0.3) is 5.91 Å². The number of rotatable bonds is 7. The highest BCUT2D eigenvalue weighted by molar-refractivity contribution is 5.96. The molecule has 2 rings (SSSR count). The Bertz CT molecular complexity index is 647. The highest BCUT2D eigenvalue weighted by Crippen LogP contribution is 2.20. The van der Waals surface area contributed by atoms with Crippen LogP contribution in [0, 0.1) is 0 Å². The van der Waals surface area contributed by atoms with Crippen LogP contribution in [0.15, 0.2) is 30.3 Å². The summed E-state index contributed by atoms with van der Waals surface area (Å²) in [4.78, 5) is 14.0. The number of carbonyl (C=O) groups excluding carboxylic acids is 1. The second-order valence-corrected chi connectivity index (χ2v) is 5.94. The summed E-state index contributed by atoms with van der Waals surface area (Å²) >= 11 is 0. The first kappa shape index (κ1) is 17.2. The predicted molar refractivity (Wildman–Crippen MR) is 92.3 cm³/mol. The second-order valence-electron chi connectivity index (χ2n) is 5.94. The van der Waals surface area contributed by atoms with Gasteiger partial charge in [-0.25, -0.2) is 4.68 Å². The van der Waals surface area contributed by atoms with E-state index in [9.17, 15) is 4.79 Å². The van der Waals surface area contributed by atoms with E-state index >= 15 is 0 Å². The largest absolute Gasteiger partial charge is 0.346 e. The molecule has 2 aromatic rings. The molecule has 23 heavy (non-hydrogen) atoms. The fourth-order valence-electron chi connectivity index (χ4n) is 2.64. The van der Waals surface area contributed by atoms with Gasteiger partial charge in [0, 0.05) is 0 Å². The Morgan fingerprint density at radius 1 is 1.17 bits per heavy atom. The Morgan fingerprint density at radius 3 is 2.43 bits per heavy atom. The average Bonchev–Trinajstić information content (AvgIpc) is 2.93. The van der Waals surface area contributed by atoms with E-state index in [0.29, 0.717) is 6.54 Å². The molecule has 0 radical (unpaired) electrons. The molecule has 2 N–H and O–H groups in total. The summed E-state index contributed by atoms with van der Waals surface area (Å²) in [5.41, 5.74) is 3.58. The summed E-state index contributed by atoms with van der Waals surface area (Å²) in [6.45, 7) is 5.68. The van der Waals surface area contributed by atoms with Gasteiger partial charge in [0.1, 0.15) is 0 Å². The number of carbonyl (C=O) groups is 1. The van der Waals surface area contributed by atoms with Crippen LogP contribution in [0.3, 0.4) is 0 Å². The van der Waals surface area contributed by atoms with E-state index in [1.165, 1.54) is 4.90 Å². The number of amides is 1. The van der Waals surface area contributed by atoms with Crippen molar-refractivity contribution in [3.05, 3.63) is 47.3 Å². The molecule has 0 saturated carbocycles. The van der Waals surface area contributed by atoms with Gasteiger partial charge in [-0.3, -0.25) is 4.79 Å². The van der Waals surface area contributed by atoms with Gasteiger partial charge in [0.2, 0.25) is 0 Å². The minimum absolute atomic E-state index is 0.0119. The quantitative estimate of drug-likeness (QED) is 0.797. The lowest BCUT2D eigenvalue weighted by Crippen LogP contribution is -3.06. The van der Waals surface area contributed by atoms with Crippen molar-refractivity contribution < 1.29 is 9.69 Å². The van der Waals surface area contributed by atoms with E-state index in [1.807, 2.05) is 41.9 Å². The van der Waals surface area contributed by atoms with Gasteiger partial charge in [-0.2, -0.15) is 5.10 Å². The third-order valence-electron chi connectivity index (χ3n) is 3.86. The fourth-order valence-corrected chi connectivity index (χ4v) is 2.64. The van der Waals surface area contributed by atoms with Gasteiger partial charge in [0.05, 0.1) is 49.8 Å². The van der Waals surface area contributed by atoms with E-state index in [4.69, 9.17) is 0 Å². The lowest BCUT2D eigenvalue weighted by atomic mass is 10.1. The maximum Gasteiger partial charge on any atom is 0.255 e. The molecule has 5 nitrogen and oxygen atoms in total. The van der Waals surface area contributed by atoms with Crippen LogP contribution in [0.4, 0.5) is 0 Å². The second kappa shape index (κ2) is 7.92. The summed E-state index contributed by atoms with van der Waals surface area (Å²) < 4.78 is 1.91. The summed E-state index contributed by atoms with van der Waals surface area (Å²) in [6, 6.07) is 9.99. The number of likely N-dealkylation sites (N-methyl/N-ethyl adjacent to an activating group) is 1. The zero-order valence-electron chi connectivity index (χ0n) is 14.5. The third kappa shape index (κ3) is 3.99. The van der Waals surface area contributed by atoms with Crippen LogP contribution < -0.4 is 10.2 Å². The zero-order chi connectivity index (χ0) is 16.8. The monoisotopic (exact) mass is 315 g/mol. The van der Waals surface area contributed by atoms with Crippen molar-refractivity contribution >= 4 is 5.91 Å². The lowest BCUT2D eigenvalue weighted by molar-refractivity contribution is -0.856. The third-order valence-corrected chi connectivity index (χ3v) is 3.86. The molecule has 0 atom stereocenters. The molecule has 0 unspecified atom stereocenters. The number of hydrogen-bond donors (Lipinski definition) is 2. The molecule has 5 heteroatoms. The summed E-state index contributed by atoms with van der Waals surface area (Å²) in [5.74, 6) is -0.0119. The predicted octanol–water partition coefficient (Wildman–Crippen LogP) is 0.871. The molecule has 0 spiro atoms. The Morgan fingerprint density at radius 2 is 1.87 bits per heavy atom. The number of quaternary nitrogens is 1. The molecule has 0 bridgehead atoms. The summed E-state index contributed by atoms with van der Waals surface area (Å²) in [5, 5.41) is 7.72. The Balaban J connectivity index is 2.35. The normalized spacial score (nSPS) is 11.0. The molecule has 0 aliphatic heterocycles. The summed E-state index contributed by atoms with van der Waals surface area (Å²) in [7, 11) is 4.16. The minimum Gasteiger partial charge on any atom is -0.346 e. The maximum atomic E-state index is 12.7. The van der Waals surface area contributed by atoms with Gasteiger partial charge in [-0.1, -0.05) is 32.0 Å². The van der Waals surface area contributed by atoms with Crippen molar-refractivity contribution in [3.8, 4) is 5.69 Å². The van der Waals surface area contributed by atoms with Gasteiger partial charge in [0.15, 0.2) is 0 Å². The molecule has 0 aliphatic rings. The molecule has 1 aromatic heterocycles. The van der Waals surface area contributed by atoms with E-state index in [-0.39, 0.29) is 5.91 Å². The average molecular weight is 315 g/mol. The van der Waals surface area contributed by atoms with Crippen molar-refractivity contribution in [1.82, 2.24) is 15.1 Å². The Labute approximate surface area is 138 Å². The number of aromatic nitrogens is 2. The van der Waals surface area contributed by atoms with E-state index in [0.717, 1.165) is 42.0 Å². The molecule has 1 amide bonds. The molecule has 124 valence electrons. The summed E-state index contributed by atoms with van der Waals surface area (Å²) in [6.07, 6.45) is 1.51. The standard InChI is InChI=1S/C18H26N4O/c1-5-15-17(18(23)19-12-13-21(3)4)16(6-2)22(20-15)14-10-8-7-9-11-14/h7-11H,5-6,12-13H2,1-4H3,(H,19,23)/p+1. The molecule has 1 heterocycles. The molecule has 0 aliphatic carbocycles. The first-order valence-corrected chi connectivity index (χ1v) is 8.31. The number of nitrogens with one attached hydrogen (secondary N) is 2. The highest BCUT2D eigenvalue weighted by Gasteiger charge is 2.22. The van der Waals surface area contributed by atoms with Crippen LogP contribution in [-0.2, 0) is 12.8 Å². The van der Waals surface area contributed by atoms with E-state index in [1.54, 1.807) is 0 Å². The molecule has 0 fully saturated rings. The Kier molecular flexibility index (Phi) is 5.93. The highest BCUT2D eigenvalue weighted by atomic mass is 16.1. The van der Waals surface area contributed by atoms with Gasteiger partial charge < -0.3 is 10.2 Å². The topological polar surface area (TPSA) is 51.4 Å². The number of hydrogen-bond acceptors (Lipinski definition) is 2. The van der Waals surface area contributed by atoms with Crippen LogP contribution in [0.5, 0.6) is 0 Å². The van der Waals surface area contributed by atoms with E-state index in [2.05, 4.69) is 31.4 Å². The van der Waals surface area contributed by atoms with E-state index < -0.39 is 0 Å². The van der Waals surface area contributed by atoms with Gasteiger partial charge in [-0.15, -0.1) is 0 Å². The maximum absolute atomic E-state index is 12.7. The lowest BCUT2D eigenvalue weighted by Gasteiger charge is -2.10. The number of benzene rings is 1.